The van der Waals surface area contributed by atoms with Crippen LogP contribution in [0, 0.1) is 11.8 Å². The average Bonchev–Trinajstić information content (AvgIpc) is 3.11. The Labute approximate surface area is 117 Å². The van der Waals surface area contributed by atoms with Gasteiger partial charge < -0.3 is 11.1 Å². The number of benzene rings is 1. The first-order valence-corrected chi connectivity index (χ1v) is 7.33. The van der Waals surface area contributed by atoms with Crippen LogP contribution in [0.4, 0.5) is 0 Å². The lowest BCUT2D eigenvalue weighted by molar-refractivity contribution is 0.632. The van der Waals surface area contributed by atoms with E-state index in [0.717, 1.165) is 31.0 Å². The van der Waals surface area contributed by atoms with Gasteiger partial charge in [-0.15, -0.1) is 0 Å². The molecule has 0 atom stereocenters. The third-order valence-corrected chi connectivity index (χ3v) is 3.53. The maximum absolute atomic E-state index is 5.85. The Bertz CT molecular complexity index is 445. The highest BCUT2D eigenvalue weighted by molar-refractivity contribution is 5.61. The van der Waals surface area contributed by atoms with Crippen molar-refractivity contribution in [2.24, 2.45) is 17.6 Å². The quantitative estimate of drug-likeness (QED) is 0.787. The van der Waals surface area contributed by atoms with E-state index < -0.39 is 0 Å². The van der Waals surface area contributed by atoms with E-state index in [1.807, 2.05) is 0 Å². The Hall–Kier alpha value is -1.28. The van der Waals surface area contributed by atoms with E-state index >= 15 is 0 Å². The third-order valence-electron chi connectivity index (χ3n) is 3.53. The molecule has 2 rings (SSSR count). The van der Waals surface area contributed by atoms with E-state index in [2.05, 4.69) is 43.9 Å². The van der Waals surface area contributed by atoms with Crippen molar-refractivity contribution in [1.82, 2.24) is 5.32 Å². The lowest BCUT2D eigenvalue weighted by Gasteiger charge is -2.12. The van der Waals surface area contributed by atoms with Crippen molar-refractivity contribution >= 4 is 5.70 Å². The third kappa shape index (κ3) is 4.71. The number of nitrogens with one attached hydrogen (secondary N) is 1. The van der Waals surface area contributed by atoms with Gasteiger partial charge in [0.15, 0.2) is 0 Å². The molecule has 0 heterocycles. The standard InChI is InChI=1S/C17H26N2/c1-12(2)6-15-7-16(9-17(8-15)13(3)18)11-19-10-14-4-5-14/h7-9,12,14,19H,3-6,10-11,18H2,1-2H3. The first-order chi connectivity index (χ1) is 9.04. The predicted molar refractivity (Wildman–Crippen MR) is 82.6 cm³/mol. The van der Waals surface area contributed by atoms with Crippen LogP contribution in [0.15, 0.2) is 24.8 Å². The molecule has 1 fully saturated rings. The molecule has 0 saturated heterocycles. The van der Waals surface area contributed by atoms with Crippen LogP contribution in [-0.4, -0.2) is 6.54 Å². The van der Waals surface area contributed by atoms with Gasteiger partial charge in [-0.3, -0.25) is 0 Å². The van der Waals surface area contributed by atoms with E-state index in [1.54, 1.807) is 0 Å². The molecule has 0 aromatic heterocycles. The normalized spacial score (nSPS) is 14.9. The molecule has 0 radical (unpaired) electrons. The summed E-state index contributed by atoms with van der Waals surface area (Å²) in [6.45, 7) is 10.4. The SMILES string of the molecule is C=C(N)c1cc(CNCC2CC2)cc(CC(C)C)c1. The minimum atomic E-state index is 0.661. The van der Waals surface area contributed by atoms with Crippen molar-refractivity contribution in [1.29, 1.82) is 0 Å². The maximum Gasteiger partial charge on any atom is 0.0314 e. The van der Waals surface area contributed by atoms with Crippen LogP contribution in [-0.2, 0) is 13.0 Å². The van der Waals surface area contributed by atoms with Gasteiger partial charge in [0.25, 0.3) is 0 Å². The summed E-state index contributed by atoms with van der Waals surface area (Å²) in [7, 11) is 0. The Morgan fingerprint density at radius 1 is 1.32 bits per heavy atom. The lowest BCUT2D eigenvalue weighted by Crippen LogP contribution is -2.16. The van der Waals surface area contributed by atoms with Crippen molar-refractivity contribution in [3.05, 3.63) is 41.5 Å². The molecule has 1 aliphatic rings. The van der Waals surface area contributed by atoms with Crippen LogP contribution in [0.2, 0.25) is 0 Å². The molecule has 104 valence electrons. The van der Waals surface area contributed by atoms with E-state index in [9.17, 15) is 0 Å². The van der Waals surface area contributed by atoms with Gasteiger partial charge >= 0.3 is 0 Å². The predicted octanol–water partition coefficient (Wildman–Crippen LogP) is 3.31. The summed E-state index contributed by atoms with van der Waals surface area (Å²) in [6.07, 6.45) is 3.88. The van der Waals surface area contributed by atoms with Crippen molar-refractivity contribution in [3.63, 3.8) is 0 Å². The molecule has 0 unspecified atom stereocenters. The molecule has 1 saturated carbocycles. The molecule has 1 aliphatic carbocycles. The summed E-state index contributed by atoms with van der Waals surface area (Å²) >= 11 is 0. The number of hydrogen-bond acceptors (Lipinski definition) is 2. The minimum absolute atomic E-state index is 0.661. The Balaban J connectivity index is 2.05. The molecular weight excluding hydrogens is 232 g/mol. The zero-order valence-electron chi connectivity index (χ0n) is 12.2. The van der Waals surface area contributed by atoms with Crippen molar-refractivity contribution in [3.8, 4) is 0 Å². The summed E-state index contributed by atoms with van der Waals surface area (Å²) in [5.41, 5.74) is 10.3. The van der Waals surface area contributed by atoms with Gasteiger partial charge in [0.1, 0.15) is 0 Å². The first-order valence-electron chi connectivity index (χ1n) is 7.33. The molecule has 0 spiro atoms. The van der Waals surface area contributed by atoms with Gasteiger partial charge in [0.05, 0.1) is 0 Å². The second kappa shape index (κ2) is 6.25. The van der Waals surface area contributed by atoms with Crippen LogP contribution in [0.5, 0.6) is 0 Å². The second-order valence-electron chi connectivity index (χ2n) is 6.24. The second-order valence-corrected chi connectivity index (χ2v) is 6.24. The molecular formula is C17H26N2. The fourth-order valence-corrected chi connectivity index (χ4v) is 2.38. The van der Waals surface area contributed by atoms with Gasteiger partial charge in [-0.1, -0.05) is 26.5 Å². The maximum atomic E-state index is 5.85. The van der Waals surface area contributed by atoms with Gasteiger partial charge in [0.2, 0.25) is 0 Å². The van der Waals surface area contributed by atoms with E-state index in [1.165, 1.54) is 24.0 Å². The van der Waals surface area contributed by atoms with Crippen LogP contribution >= 0.6 is 0 Å². The molecule has 0 aliphatic heterocycles. The highest BCUT2D eigenvalue weighted by Gasteiger charge is 2.20. The summed E-state index contributed by atoms with van der Waals surface area (Å²) in [5.74, 6) is 1.58. The summed E-state index contributed by atoms with van der Waals surface area (Å²) in [5, 5.41) is 3.54. The summed E-state index contributed by atoms with van der Waals surface area (Å²) < 4.78 is 0. The molecule has 2 nitrogen and oxygen atoms in total. The smallest absolute Gasteiger partial charge is 0.0314 e. The molecule has 3 N–H and O–H groups in total. The number of hydrogen-bond donors (Lipinski definition) is 2. The first kappa shape index (κ1) is 14.1. The number of nitrogens with two attached hydrogens (primary N) is 1. The molecule has 0 bridgehead atoms. The van der Waals surface area contributed by atoms with Gasteiger partial charge in [-0.05, 0) is 66.5 Å². The van der Waals surface area contributed by atoms with Crippen LogP contribution in [0.25, 0.3) is 5.70 Å². The summed E-state index contributed by atoms with van der Waals surface area (Å²) in [6, 6.07) is 6.63. The van der Waals surface area contributed by atoms with Crippen molar-refractivity contribution in [2.45, 2.75) is 39.7 Å². The lowest BCUT2D eigenvalue weighted by atomic mass is 9.97. The van der Waals surface area contributed by atoms with Crippen molar-refractivity contribution in [2.75, 3.05) is 6.54 Å². The fourth-order valence-electron chi connectivity index (χ4n) is 2.38. The van der Waals surface area contributed by atoms with Crippen LogP contribution in [0.1, 0.15) is 43.4 Å². The van der Waals surface area contributed by atoms with E-state index in [-0.39, 0.29) is 0 Å². The fraction of sp³-hybridized carbons (Fsp3) is 0.529. The molecule has 0 amide bonds. The number of rotatable bonds is 7. The topological polar surface area (TPSA) is 38.0 Å². The van der Waals surface area contributed by atoms with E-state index in [0.29, 0.717) is 11.6 Å². The summed E-state index contributed by atoms with van der Waals surface area (Å²) in [4.78, 5) is 0. The Kier molecular flexibility index (Phi) is 4.65. The Morgan fingerprint density at radius 3 is 2.58 bits per heavy atom. The van der Waals surface area contributed by atoms with Gasteiger partial charge in [-0.25, -0.2) is 0 Å². The van der Waals surface area contributed by atoms with E-state index in [4.69, 9.17) is 5.73 Å². The van der Waals surface area contributed by atoms with Gasteiger partial charge in [0, 0.05) is 12.2 Å². The molecule has 1 aromatic carbocycles. The minimum Gasteiger partial charge on any atom is -0.399 e. The highest BCUT2D eigenvalue weighted by atomic mass is 14.9. The zero-order chi connectivity index (χ0) is 13.8. The zero-order valence-corrected chi connectivity index (χ0v) is 12.2. The molecule has 2 heteroatoms. The van der Waals surface area contributed by atoms with Crippen molar-refractivity contribution < 1.29 is 0 Å². The van der Waals surface area contributed by atoms with Crippen LogP contribution in [0.3, 0.4) is 0 Å². The van der Waals surface area contributed by atoms with Gasteiger partial charge in [-0.2, -0.15) is 0 Å². The Morgan fingerprint density at radius 2 is 2.00 bits per heavy atom. The highest BCUT2D eigenvalue weighted by Crippen LogP contribution is 2.27. The average molecular weight is 258 g/mol. The largest absolute Gasteiger partial charge is 0.399 e. The monoisotopic (exact) mass is 258 g/mol. The molecule has 1 aromatic rings. The van der Waals surface area contributed by atoms with Crippen LogP contribution < -0.4 is 11.1 Å². The molecule has 19 heavy (non-hydrogen) atoms.